The van der Waals surface area contributed by atoms with Gasteiger partial charge in [0, 0.05) is 36.9 Å². The lowest BCUT2D eigenvalue weighted by atomic mass is 9.79. The van der Waals surface area contributed by atoms with Crippen LogP contribution < -0.4 is 11.1 Å². The average Bonchev–Trinajstić information content (AvgIpc) is 3.03. The van der Waals surface area contributed by atoms with Crippen molar-refractivity contribution in [3.8, 4) is 11.4 Å². The Morgan fingerprint density at radius 2 is 2.05 bits per heavy atom. The van der Waals surface area contributed by atoms with E-state index in [9.17, 15) is 4.79 Å². The van der Waals surface area contributed by atoms with Gasteiger partial charge in [-0.3, -0.25) is 4.79 Å². The molecule has 0 unspecified atom stereocenters. The number of carbonyl (C=O) groups is 1. The number of nitrogens with zero attached hydrogens (tertiary/aromatic N) is 2. The monoisotopic (exact) mass is 318 g/mol. The minimum Gasteiger partial charge on any atom is -0.381 e. The molecule has 1 aliphatic rings. The highest BCUT2D eigenvalue weighted by molar-refractivity contribution is 7.09. The predicted molar refractivity (Wildman–Crippen MR) is 85.5 cm³/mol. The molecular formula is C15H18N4O2S. The van der Waals surface area contributed by atoms with Crippen LogP contribution in [0.4, 0.5) is 5.13 Å². The van der Waals surface area contributed by atoms with E-state index in [-0.39, 0.29) is 5.91 Å². The van der Waals surface area contributed by atoms with Crippen LogP contribution in [0.25, 0.3) is 11.4 Å². The number of hydrogen-bond acceptors (Lipinski definition) is 6. The Morgan fingerprint density at radius 1 is 1.32 bits per heavy atom. The van der Waals surface area contributed by atoms with Gasteiger partial charge in [0.05, 0.1) is 5.41 Å². The Labute approximate surface area is 132 Å². The van der Waals surface area contributed by atoms with Gasteiger partial charge in [-0.15, -0.1) is 0 Å². The zero-order valence-corrected chi connectivity index (χ0v) is 12.9. The molecule has 1 fully saturated rings. The smallest absolute Gasteiger partial charge is 0.225 e. The summed E-state index contributed by atoms with van der Waals surface area (Å²) >= 11 is 1.29. The van der Waals surface area contributed by atoms with E-state index >= 15 is 0 Å². The van der Waals surface area contributed by atoms with E-state index in [0.717, 1.165) is 5.56 Å². The molecule has 22 heavy (non-hydrogen) atoms. The van der Waals surface area contributed by atoms with Crippen LogP contribution in [0.1, 0.15) is 12.8 Å². The van der Waals surface area contributed by atoms with Crippen LogP contribution in [0, 0.1) is 5.41 Å². The Kier molecular flexibility index (Phi) is 4.35. The van der Waals surface area contributed by atoms with Gasteiger partial charge in [0.25, 0.3) is 0 Å². The summed E-state index contributed by atoms with van der Waals surface area (Å²) in [5.74, 6) is 0.407. The maximum Gasteiger partial charge on any atom is 0.225 e. The molecule has 0 spiro atoms. The van der Waals surface area contributed by atoms with Gasteiger partial charge in [-0.25, -0.2) is 0 Å². The normalized spacial score (nSPS) is 17.1. The molecule has 0 bridgehead atoms. The number of rotatable bonds is 5. The van der Waals surface area contributed by atoms with E-state index < -0.39 is 5.41 Å². The molecule has 0 radical (unpaired) electrons. The zero-order chi connectivity index (χ0) is 15.4. The summed E-state index contributed by atoms with van der Waals surface area (Å²) in [5.41, 5.74) is 6.01. The highest BCUT2D eigenvalue weighted by Gasteiger charge is 2.38. The largest absolute Gasteiger partial charge is 0.381 e. The van der Waals surface area contributed by atoms with Gasteiger partial charge in [-0.2, -0.15) is 9.36 Å². The molecule has 3 N–H and O–H groups in total. The second-order valence-electron chi connectivity index (χ2n) is 5.40. The Morgan fingerprint density at radius 3 is 2.73 bits per heavy atom. The summed E-state index contributed by atoms with van der Waals surface area (Å²) < 4.78 is 9.67. The van der Waals surface area contributed by atoms with Crippen LogP contribution >= 0.6 is 11.5 Å². The van der Waals surface area contributed by atoms with Crippen LogP contribution in [-0.4, -0.2) is 35.0 Å². The minimum absolute atomic E-state index is 0.281. The molecule has 7 heteroatoms. The first-order valence-electron chi connectivity index (χ1n) is 7.20. The molecule has 1 aliphatic heterocycles. The van der Waals surface area contributed by atoms with Crippen molar-refractivity contribution < 1.29 is 9.53 Å². The molecule has 0 saturated carbocycles. The molecule has 1 saturated heterocycles. The number of aromatic nitrogens is 2. The van der Waals surface area contributed by atoms with E-state index in [0.29, 0.717) is 43.6 Å². The Hall–Kier alpha value is -1.99. The number of amides is 1. The first-order chi connectivity index (χ1) is 10.7. The third-order valence-electron chi connectivity index (χ3n) is 4.01. The molecular weight excluding hydrogens is 300 g/mol. The van der Waals surface area contributed by atoms with Crippen LogP contribution in [0.2, 0.25) is 0 Å². The summed E-state index contributed by atoms with van der Waals surface area (Å²) in [6, 6.07) is 9.79. The van der Waals surface area contributed by atoms with E-state index in [1.807, 2.05) is 30.3 Å². The fraction of sp³-hybridized carbons (Fsp3) is 0.400. The van der Waals surface area contributed by atoms with E-state index in [1.54, 1.807) is 0 Å². The fourth-order valence-corrected chi connectivity index (χ4v) is 3.10. The van der Waals surface area contributed by atoms with Gasteiger partial charge in [0.1, 0.15) is 0 Å². The lowest BCUT2D eigenvalue weighted by Gasteiger charge is -2.34. The number of ether oxygens (including phenoxy) is 1. The molecule has 0 atom stereocenters. The third-order valence-corrected chi connectivity index (χ3v) is 4.68. The highest BCUT2D eigenvalue weighted by Crippen LogP contribution is 2.31. The van der Waals surface area contributed by atoms with Gasteiger partial charge in [-0.1, -0.05) is 30.3 Å². The number of benzene rings is 1. The Bertz CT molecular complexity index is 638. The highest BCUT2D eigenvalue weighted by atomic mass is 32.1. The Balaban J connectivity index is 1.69. The van der Waals surface area contributed by atoms with Crippen molar-refractivity contribution in [2.24, 2.45) is 11.1 Å². The van der Waals surface area contributed by atoms with Crippen molar-refractivity contribution in [2.75, 3.05) is 25.1 Å². The first-order valence-corrected chi connectivity index (χ1v) is 7.98. The predicted octanol–water partition coefficient (Wildman–Crippen LogP) is 1.90. The van der Waals surface area contributed by atoms with Crippen molar-refractivity contribution in [1.82, 2.24) is 9.36 Å². The fourth-order valence-electron chi connectivity index (χ4n) is 2.52. The summed E-state index contributed by atoms with van der Waals surface area (Å²) in [6.45, 7) is 1.60. The van der Waals surface area contributed by atoms with Crippen LogP contribution in [-0.2, 0) is 9.53 Å². The zero-order valence-electron chi connectivity index (χ0n) is 12.1. The van der Waals surface area contributed by atoms with Gasteiger partial charge in [0.15, 0.2) is 5.82 Å². The van der Waals surface area contributed by atoms with Gasteiger partial charge in [0.2, 0.25) is 11.0 Å². The van der Waals surface area contributed by atoms with E-state index in [1.165, 1.54) is 11.5 Å². The number of anilines is 1. The molecule has 0 aliphatic carbocycles. The van der Waals surface area contributed by atoms with Crippen molar-refractivity contribution >= 4 is 22.6 Å². The second kappa shape index (κ2) is 6.41. The molecule has 1 aromatic heterocycles. The van der Waals surface area contributed by atoms with Gasteiger partial charge in [-0.05, 0) is 12.8 Å². The molecule has 2 aromatic rings. The van der Waals surface area contributed by atoms with Crippen molar-refractivity contribution in [3.63, 3.8) is 0 Å². The molecule has 2 heterocycles. The van der Waals surface area contributed by atoms with Gasteiger partial charge < -0.3 is 15.8 Å². The standard InChI is InChI=1S/C15H18N4O2S/c16-13(20)15(6-8-21-9-7-15)10-17-14-18-12(19-22-14)11-4-2-1-3-5-11/h1-5H,6-10H2,(H2,16,20)(H,17,18,19). The van der Waals surface area contributed by atoms with Crippen LogP contribution in [0.15, 0.2) is 30.3 Å². The number of nitrogens with two attached hydrogens (primary N) is 1. The van der Waals surface area contributed by atoms with Crippen LogP contribution in [0.5, 0.6) is 0 Å². The summed E-state index contributed by atoms with van der Waals surface area (Å²) in [4.78, 5) is 16.3. The maximum atomic E-state index is 11.8. The van der Waals surface area contributed by atoms with E-state index in [2.05, 4.69) is 14.7 Å². The quantitative estimate of drug-likeness (QED) is 0.879. The number of nitrogens with one attached hydrogen (secondary N) is 1. The van der Waals surface area contributed by atoms with Crippen molar-refractivity contribution in [3.05, 3.63) is 30.3 Å². The van der Waals surface area contributed by atoms with Crippen LogP contribution in [0.3, 0.4) is 0 Å². The molecule has 116 valence electrons. The third kappa shape index (κ3) is 3.10. The SMILES string of the molecule is NC(=O)C1(CNc2nc(-c3ccccc3)ns2)CCOCC1. The first kappa shape index (κ1) is 14.9. The maximum absolute atomic E-state index is 11.8. The number of carbonyl (C=O) groups excluding carboxylic acids is 1. The average molecular weight is 318 g/mol. The van der Waals surface area contributed by atoms with Crippen molar-refractivity contribution in [2.45, 2.75) is 12.8 Å². The molecule has 1 amide bonds. The minimum atomic E-state index is -0.559. The van der Waals surface area contributed by atoms with Gasteiger partial charge >= 0.3 is 0 Å². The number of hydrogen-bond donors (Lipinski definition) is 2. The lowest BCUT2D eigenvalue weighted by Crippen LogP contribution is -2.46. The van der Waals surface area contributed by atoms with Crippen molar-refractivity contribution in [1.29, 1.82) is 0 Å². The topological polar surface area (TPSA) is 90.1 Å². The van der Waals surface area contributed by atoms with E-state index in [4.69, 9.17) is 10.5 Å². The second-order valence-corrected chi connectivity index (χ2v) is 6.15. The summed E-state index contributed by atoms with van der Waals surface area (Å²) in [5, 5.41) is 3.92. The summed E-state index contributed by atoms with van der Waals surface area (Å²) in [6.07, 6.45) is 1.28. The molecule has 1 aromatic carbocycles. The number of primary amides is 1. The molecule has 6 nitrogen and oxygen atoms in total. The summed E-state index contributed by atoms with van der Waals surface area (Å²) in [7, 11) is 0. The lowest BCUT2D eigenvalue weighted by molar-refractivity contribution is -0.132. The molecule has 3 rings (SSSR count).